The Morgan fingerprint density at radius 3 is 2.75 bits per heavy atom. The van der Waals surface area contributed by atoms with Crippen molar-refractivity contribution in [2.45, 2.75) is 20.3 Å². The minimum Gasteiger partial charge on any atom is -0.360 e. The summed E-state index contributed by atoms with van der Waals surface area (Å²) >= 11 is 0. The SMILES string of the molecule is Cc1[nH]c2c(c1C)N(C)NCC2. The fourth-order valence-corrected chi connectivity index (χ4v) is 1.85. The first-order valence-electron chi connectivity index (χ1n) is 4.35. The van der Waals surface area contributed by atoms with Crippen molar-refractivity contribution >= 4 is 5.69 Å². The lowest BCUT2D eigenvalue weighted by Gasteiger charge is -2.26. The number of rotatable bonds is 0. The Hall–Kier alpha value is -0.960. The molecule has 1 aliphatic heterocycles. The molecule has 2 heterocycles. The molecule has 0 saturated heterocycles. The first kappa shape index (κ1) is 7.68. The maximum absolute atomic E-state index is 3.41. The van der Waals surface area contributed by atoms with Crippen LogP contribution in [0.3, 0.4) is 0 Å². The summed E-state index contributed by atoms with van der Waals surface area (Å²) < 4.78 is 0. The van der Waals surface area contributed by atoms with E-state index >= 15 is 0 Å². The van der Waals surface area contributed by atoms with Gasteiger partial charge in [0.05, 0.1) is 5.69 Å². The molecule has 66 valence electrons. The van der Waals surface area contributed by atoms with Crippen LogP contribution in [-0.2, 0) is 6.42 Å². The van der Waals surface area contributed by atoms with Crippen LogP contribution in [0.4, 0.5) is 5.69 Å². The molecule has 0 unspecified atom stereocenters. The molecule has 1 aliphatic rings. The van der Waals surface area contributed by atoms with Gasteiger partial charge in [-0.1, -0.05) is 0 Å². The number of hydrogen-bond acceptors (Lipinski definition) is 2. The van der Waals surface area contributed by atoms with Crippen LogP contribution < -0.4 is 10.4 Å². The van der Waals surface area contributed by atoms with Gasteiger partial charge in [-0.3, -0.25) is 0 Å². The van der Waals surface area contributed by atoms with Crippen molar-refractivity contribution in [2.24, 2.45) is 0 Å². The Kier molecular flexibility index (Phi) is 1.61. The maximum Gasteiger partial charge on any atom is 0.0755 e. The van der Waals surface area contributed by atoms with Crippen LogP contribution in [0.5, 0.6) is 0 Å². The predicted molar refractivity (Wildman–Crippen MR) is 50.4 cm³/mol. The normalized spacial score (nSPS) is 16.4. The van der Waals surface area contributed by atoms with Gasteiger partial charge in [-0.2, -0.15) is 0 Å². The number of aryl methyl sites for hydroxylation is 1. The topological polar surface area (TPSA) is 31.1 Å². The van der Waals surface area contributed by atoms with Gasteiger partial charge in [0.2, 0.25) is 0 Å². The highest BCUT2D eigenvalue weighted by Crippen LogP contribution is 2.28. The molecule has 0 amide bonds. The second-order valence-electron chi connectivity index (χ2n) is 3.42. The van der Waals surface area contributed by atoms with E-state index in [1.807, 2.05) is 0 Å². The van der Waals surface area contributed by atoms with Gasteiger partial charge >= 0.3 is 0 Å². The number of aromatic nitrogens is 1. The summed E-state index contributed by atoms with van der Waals surface area (Å²) in [5.41, 5.74) is 8.65. The third-order valence-corrected chi connectivity index (χ3v) is 2.60. The summed E-state index contributed by atoms with van der Waals surface area (Å²) in [6.07, 6.45) is 1.11. The van der Waals surface area contributed by atoms with Crippen molar-refractivity contribution in [1.29, 1.82) is 0 Å². The molecule has 12 heavy (non-hydrogen) atoms. The zero-order chi connectivity index (χ0) is 8.72. The predicted octanol–water partition coefficient (Wildman–Crippen LogP) is 1.13. The van der Waals surface area contributed by atoms with Crippen LogP contribution in [0.2, 0.25) is 0 Å². The molecule has 0 saturated carbocycles. The quantitative estimate of drug-likeness (QED) is 0.603. The Bertz CT molecular complexity index is 301. The van der Waals surface area contributed by atoms with Crippen LogP contribution >= 0.6 is 0 Å². The molecule has 2 N–H and O–H groups in total. The monoisotopic (exact) mass is 165 g/mol. The summed E-state index contributed by atoms with van der Waals surface area (Å²) in [7, 11) is 2.07. The number of hydrogen-bond donors (Lipinski definition) is 2. The van der Waals surface area contributed by atoms with E-state index in [1.54, 1.807) is 0 Å². The number of hydrazine groups is 1. The first-order chi connectivity index (χ1) is 5.70. The third kappa shape index (κ3) is 0.932. The molecule has 0 atom stereocenters. The van der Waals surface area contributed by atoms with Crippen molar-refractivity contribution in [3.05, 3.63) is 17.0 Å². The smallest absolute Gasteiger partial charge is 0.0755 e. The number of nitrogens with one attached hydrogen (secondary N) is 2. The van der Waals surface area contributed by atoms with E-state index in [0.29, 0.717) is 0 Å². The van der Waals surface area contributed by atoms with Gasteiger partial charge in [-0.05, 0) is 19.4 Å². The lowest BCUT2D eigenvalue weighted by Crippen LogP contribution is -2.40. The zero-order valence-electron chi connectivity index (χ0n) is 7.86. The van der Waals surface area contributed by atoms with E-state index in [0.717, 1.165) is 13.0 Å². The third-order valence-electron chi connectivity index (χ3n) is 2.60. The molecule has 0 aliphatic carbocycles. The molecule has 0 spiro atoms. The van der Waals surface area contributed by atoms with Crippen LogP contribution in [0.1, 0.15) is 17.0 Å². The second-order valence-corrected chi connectivity index (χ2v) is 3.42. The number of nitrogens with zero attached hydrogens (tertiary/aromatic N) is 1. The van der Waals surface area contributed by atoms with Gasteiger partial charge in [0, 0.05) is 31.4 Å². The minimum absolute atomic E-state index is 1.03. The molecule has 2 rings (SSSR count). The van der Waals surface area contributed by atoms with Gasteiger partial charge in [0.15, 0.2) is 0 Å². The summed E-state index contributed by atoms with van der Waals surface area (Å²) in [4.78, 5) is 3.41. The Morgan fingerprint density at radius 1 is 1.33 bits per heavy atom. The lowest BCUT2D eigenvalue weighted by molar-refractivity contribution is 0.634. The van der Waals surface area contributed by atoms with Crippen molar-refractivity contribution < 1.29 is 0 Å². The highest BCUT2D eigenvalue weighted by molar-refractivity contribution is 5.60. The van der Waals surface area contributed by atoms with E-state index in [-0.39, 0.29) is 0 Å². The summed E-state index contributed by atoms with van der Waals surface area (Å²) in [5, 5.41) is 2.11. The van der Waals surface area contributed by atoms with E-state index in [4.69, 9.17) is 0 Å². The van der Waals surface area contributed by atoms with Gasteiger partial charge in [-0.25, -0.2) is 5.43 Å². The largest absolute Gasteiger partial charge is 0.360 e. The molecule has 3 nitrogen and oxygen atoms in total. The summed E-state index contributed by atoms with van der Waals surface area (Å²) in [6, 6.07) is 0. The number of fused-ring (bicyclic) bond motifs is 1. The highest BCUT2D eigenvalue weighted by Gasteiger charge is 2.18. The molecule has 0 fully saturated rings. The van der Waals surface area contributed by atoms with Crippen molar-refractivity contribution in [1.82, 2.24) is 10.4 Å². The second kappa shape index (κ2) is 2.52. The van der Waals surface area contributed by atoms with Crippen molar-refractivity contribution in [2.75, 3.05) is 18.6 Å². The molecule has 1 aromatic rings. The Morgan fingerprint density at radius 2 is 2.08 bits per heavy atom. The Balaban J connectivity index is 2.54. The van der Waals surface area contributed by atoms with Gasteiger partial charge in [-0.15, -0.1) is 0 Å². The summed E-state index contributed by atoms with van der Waals surface area (Å²) in [6.45, 7) is 5.32. The minimum atomic E-state index is 1.03. The summed E-state index contributed by atoms with van der Waals surface area (Å²) in [5.74, 6) is 0. The Labute approximate surface area is 72.7 Å². The van der Waals surface area contributed by atoms with Crippen LogP contribution in [0, 0.1) is 13.8 Å². The van der Waals surface area contributed by atoms with Gasteiger partial charge in [0.1, 0.15) is 0 Å². The molecular weight excluding hydrogens is 150 g/mol. The number of anilines is 1. The first-order valence-corrected chi connectivity index (χ1v) is 4.35. The fourth-order valence-electron chi connectivity index (χ4n) is 1.85. The van der Waals surface area contributed by atoms with Gasteiger partial charge in [0.25, 0.3) is 0 Å². The van der Waals surface area contributed by atoms with E-state index in [9.17, 15) is 0 Å². The highest BCUT2D eigenvalue weighted by atomic mass is 15.5. The fraction of sp³-hybridized carbons (Fsp3) is 0.556. The molecule has 3 heteroatoms. The van der Waals surface area contributed by atoms with Crippen LogP contribution in [-0.4, -0.2) is 18.6 Å². The van der Waals surface area contributed by atoms with E-state index in [1.165, 1.54) is 22.6 Å². The maximum atomic E-state index is 3.41. The molecular formula is C9H15N3. The number of H-pyrrole nitrogens is 1. The molecule has 0 bridgehead atoms. The van der Waals surface area contributed by atoms with Crippen molar-refractivity contribution in [3.8, 4) is 0 Å². The van der Waals surface area contributed by atoms with Crippen LogP contribution in [0.15, 0.2) is 0 Å². The number of aromatic amines is 1. The van der Waals surface area contributed by atoms with Crippen molar-refractivity contribution in [3.63, 3.8) is 0 Å². The van der Waals surface area contributed by atoms with E-state index < -0.39 is 0 Å². The average Bonchev–Trinajstić information content (AvgIpc) is 2.29. The zero-order valence-corrected chi connectivity index (χ0v) is 7.86. The standard InChI is InChI=1S/C9H15N3/c1-6-7(2)11-8-4-5-10-12(3)9(6)8/h10-11H,4-5H2,1-3H3. The molecule has 1 aromatic heterocycles. The molecule has 0 aromatic carbocycles. The van der Waals surface area contributed by atoms with Gasteiger partial charge < -0.3 is 9.99 Å². The lowest BCUT2D eigenvalue weighted by atomic mass is 10.2. The van der Waals surface area contributed by atoms with E-state index in [2.05, 4.69) is 36.3 Å². The molecule has 0 radical (unpaired) electrons. The van der Waals surface area contributed by atoms with Crippen LogP contribution in [0.25, 0.3) is 0 Å². The average molecular weight is 165 g/mol.